The maximum absolute atomic E-state index is 13.2. The van der Waals surface area contributed by atoms with Crippen LogP contribution in [-0.4, -0.2) is 34.6 Å². The molecule has 0 aliphatic carbocycles. The van der Waals surface area contributed by atoms with Gasteiger partial charge in [-0.25, -0.2) is 8.78 Å². The molecule has 3 heterocycles. The summed E-state index contributed by atoms with van der Waals surface area (Å²) in [7, 11) is 0. The summed E-state index contributed by atoms with van der Waals surface area (Å²) in [4.78, 5) is 9.45. The van der Waals surface area contributed by atoms with Gasteiger partial charge in [0.2, 0.25) is 0 Å². The molecule has 0 saturated heterocycles. The maximum atomic E-state index is 13.2. The predicted octanol–water partition coefficient (Wildman–Crippen LogP) is 5.97. The number of nitrogens with one attached hydrogen (secondary N) is 4. The number of rotatable bonds is 8. The quantitative estimate of drug-likeness (QED) is 0.167. The van der Waals surface area contributed by atoms with Crippen LogP contribution in [0.4, 0.5) is 8.78 Å². The second kappa shape index (κ2) is 11.4. The first-order valence-corrected chi connectivity index (χ1v) is 12.6. The average molecular weight is 500 g/mol. The molecule has 0 amide bonds. The van der Waals surface area contributed by atoms with E-state index in [1.807, 2.05) is 36.8 Å². The first-order chi connectivity index (χ1) is 18.1. The highest BCUT2D eigenvalue weighted by Gasteiger charge is 2.06. The zero-order chi connectivity index (χ0) is 25.6. The third-order valence-electron chi connectivity index (χ3n) is 6.69. The van der Waals surface area contributed by atoms with Crippen molar-refractivity contribution in [1.29, 1.82) is 0 Å². The van der Waals surface area contributed by atoms with Crippen molar-refractivity contribution in [3.8, 4) is 0 Å². The van der Waals surface area contributed by atoms with Crippen LogP contribution in [0.1, 0.15) is 16.7 Å². The lowest BCUT2D eigenvalue weighted by molar-refractivity contribution is 0.629. The van der Waals surface area contributed by atoms with E-state index in [2.05, 4.69) is 38.5 Å². The number of H-pyrrole nitrogens is 3. The summed E-state index contributed by atoms with van der Waals surface area (Å²) in [5.74, 6) is -0.449. The molecule has 6 rings (SSSR count). The van der Waals surface area contributed by atoms with Crippen LogP contribution in [0.5, 0.6) is 0 Å². The SMILES string of the molecule is Fc1ccc2c(CCNCCc3c[nH]c4cc(F)ccc34)c[nH]c2c1.NCCc1c[nH]c2ccccc12. The van der Waals surface area contributed by atoms with Crippen LogP contribution >= 0.6 is 0 Å². The number of benzene rings is 3. The molecule has 190 valence electrons. The summed E-state index contributed by atoms with van der Waals surface area (Å²) in [6, 6.07) is 18.0. The number of aromatic nitrogens is 3. The van der Waals surface area contributed by atoms with E-state index in [9.17, 15) is 8.78 Å². The second-order valence-electron chi connectivity index (χ2n) is 9.16. The molecule has 6 N–H and O–H groups in total. The molecule has 0 spiro atoms. The number of nitrogens with two attached hydrogens (primary N) is 1. The lowest BCUT2D eigenvalue weighted by Crippen LogP contribution is -2.20. The van der Waals surface area contributed by atoms with E-state index in [-0.39, 0.29) is 11.6 Å². The van der Waals surface area contributed by atoms with E-state index in [1.54, 1.807) is 0 Å². The zero-order valence-electron chi connectivity index (χ0n) is 20.6. The summed E-state index contributed by atoms with van der Waals surface area (Å²) in [6.07, 6.45) is 8.64. The van der Waals surface area contributed by atoms with E-state index in [1.165, 1.54) is 51.9 Å². The molecule has 6 aromatic rings. The van der Waals surface area contributed by atoms with Gasteiger partial charge in [-0.05, 0) is 98.1 Å². The fraction of sp³-hybridized carbons (Fsp3) is 0.200. The molecule has 0 radical (unpaired) electrons. The predicted molar refractivity (Wildman–Crippen MR) is 148 cm³/mol. The summed E-state index contributed by atoms with van der Waals surface area (Å²) in [6.45, 7) is 2.41. The molecule has 37 heavy (non-hydrogen) atoms. The second-order valence-corrected chi connectivity index (χ2v) is 9.16. The molecule has 3 aromatic heterocycles. The van der Waals surface area contributed by atoms with Gasteiger partial charge in [0, 0.05) is 51.3 Å². The molecule has 0 unspecified atom stereocenters. The van der Waals surface area contributed by atoms with Crippen molar-refractivity contribution >= 4 is 32.7 Å². The van der Waals surface area contributed by atoms with Crippen molar-refractivity contribution in [2.45, 2.75) is 19.3 Å². The number of fused-ring (bicyclic) bond motifs is 3. The van der Waals surface area contributed by atoms with Crippen LogP contribution in [0, 0.1) is 11.6 Å². The molecule has 5 nitrogen and oxygen atoms in total. The topological polar surface area (TPSA) is 85.4 Å². The average Bonchev–Trinajstić information content (AvgIpc) is 3.62. The minimum Gasteiger partial charge on any atom is -0.361 e. The Labute approximate surface area is 214 Å². The Balaban J connectivity index is 0.000000195. The molecule has 0 aliphatic heterocycles. The minimum atomic E-state index is -0.224. The highest BCUT2D eigenvalue weighted by atomic mass is 19.1. The molecule has 3 aromatic carbocycles. The Morgan fingerprint density at radius 1 is 0.595 bits per heavy atom. The molecular weight excluding hydrogens is 468 g/mol. The van der Waals surface area contributed by atoms with Crippen LogP contribution in [0.25, 0.3) is 32.7 Å². The van der Waals surface area contributed by atoms with Crippen LogP contribution in [0.15, 0.2) is 79.3 Å². The van der Waals surface area contributed by atoms with Crippen molar-refractivity contribution < 1.29 is 8.78 Å². The molecule has 0 bridgehead atoms. The maximum Gasteiger partial charge on any atom is 0.125 e. The van der Waals surface area contributed by atoms with Crippen LogP contribution in [0.3, 0.4) is 0 Å². The van der Waals surface area contributed by atoms with Crippen LogP contribution < -0.4 is 11.1 Å². The number of halogens is 2. The number of hydrogen-bond donors (Lipinski definition) is 5. The largest absolute Gasteiger partial charge is 0.361 e. The summed E-state index contributed by atoms with van der Waals surface area (Å²) >= 11 is 0. The number of aromatic amines is 3. The van der Waals surface area contributed by atoms with Crippen LogP contribution in [-0.2, 0) is 19.3 Å². The number of hydrogen-bond acceptors (Lipinski definition) is 2. The third-order valence-corrected chi connectivity index (χ3v) is 6.69. The van der Waals surface area contributed by atoms with Gasteiger partial charge in [0.1, 0.15) is 11.6 Å². The van der Waals surface area contributed by atoms with E-state index in [4.69, 9.17) is 5.73 Å². The van der Waals surface area contributed by atoms with Gasteiger partial charge in [0.05, 0.1) is 0 Å². The van der Waals surface area contributed by atoms with E-state index in [0.717, 1.165) is 54.2 Å². The Kier molecular flexibility index (Phi) is 7.63. The van der Waals surface area contributed by atoms with Gasteiger partial charge >= 0.3 is 0 Å². The summed E-state index contributed by atoms with van der Waals surface area (Å²) < 4.78 is 26.4. The third kappa shape index (κ3) is 5.74. The van der Waals surface area contributed by atoms with Crippen molar-refractivity contribution in [3.63, 3.8) is 0 Å². The zero-order valence-corrected chi connectivity index (χ0v) is 20.6. The minimum absolute atomic E-state index is 0.224. The number of para-hydroxylation sites is 1. The van der Waals surface area contributed by atoms with Gasteiger partial charge in [-0.15, -0.1) is 0 Å². The fourth-order valence-electron chi connectivity index (χ4n) is 4.80. The summed E-state index contributed by atoms with van der Waals surface area (Å²) in [5, 5.41) is 6.87. The standard InChI is InChI=1S/C20H19F2N3.C10H12N2/c21-15-1-3-17-13(11-24-19(17)9-15)5-7-23-8-6-14-12-25-20-10-16(22)2-4-18(14)20;11-6-5-8-7-12-10-4-2-1-3-9(8)10/h1-4,9-12,23-25H,5-8H2;1-4,7,12H,5-6,11H2. The van der Waals surface area contributed by atoms with Gasteiger partial charge in [-0.2, -0.15) is 0 Å². The molecule has 0 atom stereocenters. The van der Waals surface area contributed by atoms with Crippen molar-refractivity contribution in [2.75, 3.05) is 19.6 Å². The first-order valence-electron chi connectivity index (χ1n) is 12.6. The fourth-order valence-corrected chi connectivity index (χ4v) is 4.80. The normalized spacial score (nSPS) is 11.3. The molecule has 0 saturated carbocycles. The molecule has 7 heteroatoms. The lowest BCUT2D eigenvalue weighted by atomic mass is 10.1. The first kappa shape index (κ1) is 24.7. The van der Waals surface area contributed by atoms with Gasteiger partial charge in [0.15, 0.2) is 0 Å². The Morgan fingerprint density at radius 2 is 1.08 bits per heavy atom. The van der Waals surface area contributed by atoms with Crippen LogP contribution in [0.2, 0.25) is 0 Å². The van der Waals surface area contributed by atoms with Gasteiger partial charge in [0.25, 0.3) is 0 Å². The molecule has 0 fully saturated rings. The highest BCUT2D eigenvalue weighted by Crippen LogP contribution is 2.21. The Bertz CT molecular complexity index is 1530. The Morgan fingerprint density at radius 3 is 1.65 bits per heavy atom. The highest BCUT2D eigenvalue weighted by molar-refractivity contribution is 5.84. The van der Waals surface area contributed by atoms with Crippen molar-refractivity contribution in [3.05, 3.63) is 108 Å². The van der Waals surface area contributed by atoms with E-state index >= 15 is 0 Å². The lowest BCUT2D eigenvalue weighted by Gasteiger charge is -2.04. The van der Waals surface area contributed by atoms with Gasteiger partial charge < -0.3 is 26.0 Å². The van der Waals surface area contributed by atoms with E-state index in [0.29, 0.717) is 6.54 Å². The smallest absolute Gasteiger partial charge is 0.125 e. The summed E-state index contributed by atoms with van der Waals surface area (Å²) in [5.41, 5.74) is 12.0. The van der Waals surface area contributed by atoms with Gasteiger partial charge in [-0.1, -0.05) is 18.2 Å². The monoisotopic (exact) mass is 499 g/mol. The molecular formula is C30H31F2N5. The molecule has 0 aliphatic rings. The van der Waals surface area contributed by atoms with Crippen molar-refractivity contribution in [2.24, 2.45) is 5.73 Å². The Hall–Kier alpha value is -3.94. The van der Waals surface area contributed by atoms with Gasteiger partial charge in [-0.3, -0.25) is 0 Å². The van der Waals surface area contributed by atoms with Crippen molar-refractivity contribution in [1.82, 2.24) is 20.3 Å². The van der Waals surface area contributed by atoms with E-state index < -0.39 is 0 Å².